The van der Waals surface area contributed by atoms with Gasteiger partial charge in [0.1, 0.15) is 12.4 Å². The quantitative estimate of drug-likeness (QED) is 0.810. The molecule has 0 heterocycles. The third-order valence-electron chi connectivity index (χ3n) is 2.67. The van der Waals surface area contributed by atoms with Gasteiger partial charge in [0.2, 0.25) is 0 Å². The maximum atomic E-state index is 6.14. The van der Waals surface area contributed by atoms with Crippen molar-refractivity contribution in [3.05, 3.63) is 28.8 Å². The lowest BCUT2D eigenvalue weighted by molar-refractivity contribution is 0.365. The number of hydrogen-bond acceptors (Lipinski definition) is 2. The summed E-state index contributed by atoms with van der Waals surface area (Å²) in [6, 6.07) is 6.51. The molecule has 1 aliphatic carbocycles. The molecular weight excluding hydrogens is 234 g/mol. The van der Waals surface area contributed by atoms with Gasteiger partial charge in [0, 0.05) is 18.2 Å². The molecule has 0 saturated heterocycles. The van der Waals surface area contributed by atoms with Crippen LogP contribution in [0.25, 0.3) is 0 Å². The molecule has 0 atom stereocenters. The zero-order valence-corrected chi connectivity index (χ0v) is 10.7. The van der Waals surface area contributed by atoms with Crippen molar-refractivity contribution in [2.45, 2.75) is 32.4 Å². The third kappa shape index (κ3) is 3.66. The largest absolute Gasteiger partial charge is 0.479 e. The second-order valence-electron chi connectivity index (χ2n) is 4.10. The molecule has 2 nitrogen and oxygen atoms in total. The van der Waals surface area contributed by atoms with Gasteiger partial charge in [-0.3, -0.25) is 0 Å². The zero-order valence-electron chi connectivity index (χ0n) is 9.92. The molecule has 2 rings (SSSR count). The average Bonchev–Trinajstić information content (AvgIpc) is 3.13. The zero-order chi connectivity index (χ0) is 12.1. The Kier molecular flexibility index (Phi) is 4.30. The fraction of sp³-hybridized carbons (Fsp3) is 0.429. The molecule has 1 fully saturated rings. The van der Waals surface area contributed by atoms with E-state index in [1.165, 1.54) is 12.8 Å². The molecule has 3 heteroatoms. The van der Waals surface area contributed by atoms with E-state index in [1.54, 1.807) is 6.92 Å². The number of halogens is 1. The molecule has 0 spiro atoms. The van der Waals surface area contributed by atoms with Crippen LogP contribution in [0.15, 0.2) is 18.2 Å². The van der Waals surface area contributed by atoms with E-state index in [2.05, 4.69) is 17.2 Å². The topological polar surface area (TPSA) is 21.3 Å². The minimum absolute atomic E-state index is 0.386. The number of rotatable bonds is 5. The molecule has 0 amide bonds. The second-order valence-corrected chi connectivity index (χ2v) is 4.51. The SMILES string of the molecule is CC#CCOc1c(Cl)cccc1CNC1CC1. The summed E-state index contributed by atoms with van der Waals surface area (Å²) in [7, 11) is 0. The van der Waals surface area contributed by atoms with Gasteiger partial charge in [0.05, 0.1) is 5.02 Å². The molecule has 0 bridgehead atoms. The summed E-state index contributed by atoms with van der Waals surface area (Å²) in [6.45, 7) is 2.99. The molecule has 1 N–H and O–H groups in total. The van der Waals surface area contributed by atoms with Crippen LogP contribution in [0.3, 0.4) is 0 Å². The molecule has 0 aliphatic heterocycles. The lowest BCUT2D eigenvalue weighted by Gasteiger charge is -2.11. The highest BCUT2D eigenvalue weighted by Gasteiger charge is 2.20. The number of nitrogens with one attached hydrogen (secondary N) is 1. The summed E-state index contributed by atoms with van der Waals surface area (Å²) in [5.74, 6) is 6.44. The third-order valence-corrected chi connectivity index (χ3v) is 2.97. The van der Waals surface area contributed by atoms with Crippen molar-refractivity contribution < 1.29 is 4.74 Å². The Hall–Kier alpha value is -1.17. The van der Waals surface area contributed by atoms with Crippen LogP contribution in [0, 0.1) is 11.8 Å². The lowest BCUT2D eigenvalue weighted by atomic mass is 10.2. The normalized spacial score (nSPS) is 14.0. The van der Waals surface area contributed by atoms with Gasteiger partial charge in [-0.2, -0.15) is 0 Å². The summed E-state index contributed by atoms with van der Waals surface area (Å²) in [5.41, 5.74) is 1.10. The highest BCUT2D eigenvalue weighted by molar-refractivity contribution is 6.32. The number of para-hydroxylation sites is 1. The highest BCUT2D eigenvalue weighted by Crippen LogP contribution is 2.29. The standard InChI is InChI=1S/C14H16ClNO/c1-2-3-9-17-14-11(5-4-6-13(14)15)10-16-12-7-8-12/h4-6,12,16H,7-10H2,1H3. The number of ether oxygens (including phenoxy) is 1. The van der Waals surface area contributed by atoms with Crippen molar-refractivity contribution in [2.75, 3.05) is 6.61 Å². The Labute approximate surface area is 107 Å². The van der Waals surface area contributed by atoms with Crippen molar-refractivity contribution in [2.24, 2.45) is 0 Å². The smallest absolute Gasteiger partial charge is 0.149 e. The lowest BCUT2D eigenvalue weighted by Crippen LogP contribution is -2.16. The van der Waals surface area contributed by atoms with Gasteiger partial charge in [-0.25, -0.2) is 0 Å². The van der Waals surface area contributed by atoms with Crippen molar-refractivity contribution in [3.8, 4) is 17.6 Å². The monoisotopic (exact) mass is 249 g/mol. The first-order chi connectivity index (χ1) is 8.31. The molecule has 90 valence electrons. The van der Waals surface area contributed by atoms with E-state index in [9.17, 15) is 0 Å². The summed E-state index contributed by atoms with van der Waals surface area (Å²) >= 11 is 6.14. The van der Waals surface area contributed by atoms with Gasteiger partial charge < -0.3 is 10.1 Å². The predicted octanol–water partition coefficient (Wildman–Crippen LogP) is 2.99. The van der Waals surface area contributed by atoms with Crippen molar-refractivity contribution >= 4 is 11.6 Å². The van der Waals surface area contributed by atoms with Crippen molar-refractivity contribution in [1.29, 1.82) is 0 Å². The summed E-state index contributed by atoms with van der Waals surface area (Å²) in [4.78, 5) is 0. The minimum atomic E-state index is 0.386. The Morgan fingerprint density at radius 3 is 3.00 bits per heavy atom. The molecule has 0 aromatic heterocycles. The molecule has 1 aliphatic rings. The van der Waals surface area contributed by atoms with E-state index in [1.807, 2.05) is 18.2 Å². The molecule has 1 aromatic carbocycles. The van der Waals surface area contributed by atoms with Gasteiger partial charge in [0.15, 0.2) is 0 Å². The van der Waals surface area contributed by atoms with Crippen LogP contribution in [-0.4, -0.2) is 12.6 Å². The highest BCUT2D eigenvalue weighted by atomic mass is 35.5. The number of hydrogen-bond donors (Lipinski definition) is 1. The Morgan fingerprint density at radius 2 is 2.29 bits per heavy atom. The first-order valence-electron chi connectivity index (χ1n) is 5.84. The summed E-state index contributed by atoms with van der Waals surface area (Å²) < 4.78 is 5.62. The Balaban J connectivity index is 2.04. The minimum Gasteiger partial charge on any atom is -0.479 e. The summed E-state index contributed by atoms with van der Waals surface area (Å²) in [5, 5.41) is 4.11. The van der Waals surface area contributed by atoms with Crippen LogP contribution < -0.4 is 10.1 Å². The predicted molar refractivity (Wildman–Crippen MR) is 70.3 cm³/mol. The fourth-order valence-electron chi connectivity index (χ4n) is 1.58. The maximum absolute atomic E-state index is 6.14. The van der Waals surface area contributed by atoms with E-state index in [0.717, 1.165) is 17.9 Å². The first-order valence-corrected chi connectivity index (χ1v) is 6.22. The van der Waals surface area contributed by atoms with E-state index in [-0.39, 0.29) is 0 Å². The van der Waals surface area contributed by atoms with Gasteiger partial charge in [-0.1, -0.05) is 29.7 Å². The molecule has 0 unspecified atom stereocenters. The van der Waals surface area contributed by atoms with Gasteiger partial charge >= 0.3 is 0 Å². The van der Waals surface area contributed by atoms with Gasteiger partial charge in [0.25, 0.3) is 0 Å². The van der Waals surface area contributed by atoms with E-state index < -0.39 is 0 Å². The molecule has 1 saturated carbocycles. The van der Waals surface area contributed by atoms with E-state index in [4.69, 9.17) is 16.3 Å². The maximum Gasteiger partial charge on any atom is 0.149 e. The van der Waals surface area contributed by atoms with Gasteiger partial charge in [-0.15, -0.1) is 5.92 Å². The fourth-order valence-corrected chi connectivity index (χ4v) is 1.83. The molecule has 1 aromatic rings. The molecule has 0 radical (unpaired) electrons. The molecule has 17 heavy (non-hydrogen) atoms. The van der Waals surface area contributed by atoms with E-state index >= 15 is 0 Å². The molecular formula is C14H16ClNO. The van der Waals surface area contributed by atoms with Crippen LogP contribution in [0.2, 0.25) is 5.02 Å². The second kappa shape index (κ2) is 5.95. The van der Waals surface area contributed by atoms with Crippen molar-refractivity contribution in [1.82, 2.24) is 5.32 Å². The van der Waals surface area contributed by atoms with Crippen LogP contribution in [-0.2, 0) is 6.54 Å². The van der Waals surface area contributed by atoms with Crippen LogP contribution in [0.1, 0.15) is 25.3 Å². The van der Waals surface area contributed by atoms with Gasteiger partial charge in [-0.05, 0) is 25.8 Å². The number of benzene rings is 1. The first kappa shape index (κ1) is 12.3. The Bertz CT molecular complexity index is 443. The van der Waals surface area contributed by atoms with Crippen molar-refractivity contribution in [3.63, 3.8) is 0 Å². The van der Waals surface area contributed by atoms with Crippen LogP contribution in [0.5, 0.6) is 5.75 Å². The summed E-state index contributed by atoms with van der Waals surface area (Å²) in [6.07, 6.45) is 2.55. The van der Waals surface area contributed by atoms with Crippen LogP contribution >= 0.6 is 11.6 Å². The van der Waals surface area contributed by atoms with Crippen LogP contribution in [0.4, 0.5) is 0 Å². The average molecular weight is 250 g/mol. The van der Waals surface area contributed by atoms with E-state index in [0.29, 0.717) is 17.7 Å². The Morgan fingerprint density at radius 1 is 1.47 bits per heavy atom.